The molecule has 0 aromatic heterocycles. The van der Waals surface area contributed by atoms with Crippen molar-refractivity contribution < 1.29 is 67.7 Å². The predicted octanol–water partition coefficient (Wildman–Crippen LogP) is -2.45. The maximum absolute atomic E-state index is 14.3. The zero-order valence-corrected chi connectivity index (χ0v) is 44.1. The van der Waals surface area contributed by atoms with E-state index in [1.807, 2.05) is 0 Å². The number of unbranched alkanes of at least 4 members (excludes halogenated alkanes) is 7. The van der Waals surface area contributed by atoms with Crippen molar-refractivity contribution >= 4 is 70.9 Å². The molecule has 2 aliphatic heterocycles. The fraction of sp³-hybridized carbons (Fsp3) is 0.647. The summed E-state index contributed by atoms with van der Waals surface area (Å²) < 4.78 is 0. The van der Waals surface area contributed by atoms with Crippen LogP contribution in [0.2, 0.25) is 0 Å². The lowest BCUT2D eigenvalue weighted by Crippen LogP contribution is -2.60. The first kappa shape index (κ1) is 63.9. The highest BCUT2D eigenvalue weighted by Gasteiger charge is 2.41. The summed E-state index contributed by atoms with van der Waals surface area (Å²) in [7, 11) is 0. The van der Waals surface area contributed by atoms with Crippen LogP contribution in [-0.4, -0.2) is 147 Å². The molecule has 26 nitrogen and oxygen atoms in total. The van der Waals surface area contributed by atoms with Gasteiger partial charge in [0.15, 0.2) is 0 Å². The monoisotopic (exact) mass is 1080 g/mol. The first-order chi connectivity index (χ1) is 36.5. The number of nitrogens with zero attached hydrogens (tertiary/aromatic N) is 1. The van der Waals surface area contributed by atoms with E-state index in [9.17, 15) is 67.7 Å². The number of aromatic hydroxyl groups is 1. The van der Waals surface area contributed by atoms with E-state index in [2.05, 4.69) is 51.1 Å². The van der Waals surface area contributed by atoms with Crippen molar-refractivity contribution in [1.29, 1.82) is 0 Å². The topological polar surface area (TPSA) is 437 Å². The van der Waals surface area contributed by atoms with E-state index in [0.29, 0.717) is 24.3 Å². The smallest absolute Gasteiger partial charge is 0.245 e. The fourth-order valence-electron chi connectivity index (χ4n) is 9.06. The number of nitrogens with one attached hydrogen (secondary N) is 7. The molecule has 1 aromatic carbocycles. The van der Waals surface area contributed by atoms with E-state index in [1.165, 1.54) is 30.7 Å². The van der Waals surface area contributed by atoms with Gasteiger partial charge < -0.3 is 75.3 Å². The van der Waals surface area contributed by atoms with Gasteiger partial charge in [0.25, 0.3) is 0 Å². The van der Waals surface area contributed by atoms with Gasteiger partial charge in [-0.1, -0.05) is 90.2 Å². The molecule has 12 amide bonds. The van der Waals surface area contributed by atoms with E-state index in [1.54, 1.807) is 0 Å². The van der Waals surface area contributed by atoms with Crippen LogP contribution in [0.4, 0.5) is 0 Å². The predicted molar refractivity (Wildman–Crippen MR) is 277 cm³/mol. The van der Waals surface area contributed by atoms with Crippen molar-refractivity contribution in [2.45, 2.75) is 191 Å². The Kier molecular flexibility index (Phi) is 27.3. The number of aliphatic hydroxyl groups excluding tert-OH is 1. The first-order valence-corrected chi connectivity index (χ1v) is 26.5. The van der Waals surface area contributed by atoms with Gasteiger partial charge in [-0.3, -0.25) is 57.5 Å². The van der Waals surface area contributed by atoms with Crippen LogP contribution in [0.15, 0.2) is 24.3 Å². The van der Waals surface area contributed by atoms with Crippen LogP contribution < -0.4 is 60.2 Å². The summed E-state index contributed by atoms with van der Waals surface area (Å²) in [6.45, 7) is 3.32. The van der Waals surface area contributed by atoms with E-state index >= 15 is 0 Å². The molecular formula is C51H80N12O14. The number of nitrogens with two attached hydrogens (primary N) is 4. The third-order valence-electron chi connectivity index (χ3n) is 13.6. The number of aliphatic hydroxyl groups is 1. The van der Waals surface area contributed by atoms with Gasteiger partial charge in [0, 0.05) is 31.8 Å². The number of primary amides is 4. The van der Waals surface area contributed by atoms with Crippen LogP contribution in [0, 0.1) is 5.92 Å². The first-order valence-electron chi connectivity index (χ1n) is 26.5. The Bertz CT molecular complexity index is 2230. The Hall–Kier alpha value is -7.38. The van der Waals surface area contributed by atoms with E-state index in [4.69, 9.17) is 22.9 Å². The van der Waals surface area contributed by atoms with Crippen molar-refractivity contribution in [1.82, 2.24) is 42.1 Å². The lowest BCUT2D eigenvalue weighted by molar-refractivity contribution is -0.143. The molecule has 0 spiro atoms. The van der Waals surface area contributed by atoms with Crippen LogP contribution in [0.5, 0.6) is 5.75 Å². The van der Waals surface area contributed by atoms with Gasteiger partial charge in [0.1, 0.15) is 48.0 Å². The largest absolute Gasteiger partial charge is 0.508 e. The number of benzene rings is 1. The maximum atomic E-state index is 14.3. The summed E-state index contributed by atoms with van der Waals surface area (Å²) in [6.07, 6.45) is 5.82. The Balaban J connectivity index is 2.09. The number of hydrogen-bond acceptors (Lipinski definition) is 14. The zero-order valence-electron chi connectivity index (χ0n) is 44.1. The summed E-state index contributed by atoms with van der Waals surface area (Å²) in [5, 5.41) is 37.3. The maximum Gasteiger partial charge on any atom is 0.245 e. The van der Waals surface area contributed by atoms with Crippen LogP contribution in [0.1, 0.15) is 141 Å². The molecule has 0 radical (unpaired) electrons. The molecule has 0 bridgehead atoms. The minimum atomic E-state index is -1.86. The lowest BCUT2D eigenvalue weighted by atomic mass is 9.99. The summed E-state index contributed by atoms with van der Waals surface area (Å²) in [6, 6.07) is -7.35. The molecule has 17 N–H and O–H groups in total. The average molecular weight is 1090 g/mol. The van der Waals surface area contributed by atoms with Crippen molar-refractivity contribution in [3.05, 3.63) is 29.8 Å². The summed E-state index contributed by atoms with van der Waals surface area (Å²) in [4.78, 5) is 162. The van der Waals surface area contributed by atoms with Gasteiger partial charge in [-0.2, -0.15) is 0 Å². The molecule has 1 aromatic rings. The minimum absolute atomic E-state index is 0.00290. The third kappa shape index (κ3) is 23.2. The van der Waals surface area contributed by atoms with Gasteiger partial charge in [-0.25, -0.2) is 0 Å². The molecule has 2 aliphatic rings. The summed E-state index contributed by atoms with van der Waals surface area (Å²) in [5.74, 6) is -11.9. The van der Waals surface area contributed by atoms with E-state index < -0.39 is 164 Å². The van der Waals surface area contributed by atoms with Gasteiger partial charge in [0.05, 0.1) is 25.9 Å². The molecule has 2 saturated heterocycles. The highest BCUT2D eigenvalue weighted by molar-refractivity contribution is 6.00. The number of amides is 12. The molecule has 26 heteroatoms. The number of hydrogen-bond donors (Lipinski definition) is 13. The standard InChI is InChI=1S/C51H80N12O14/c1-3-29(2)13-10-8-6-4-5-7-9-11-14-31-24-44(70)57-35(25-41(53)67)46(72)59-34(23-30-16-18-32(65)19-17-30)45(71)60-36(26-42(54)68)47(73)58-33(20-21-40(52)66)51(77)63-22-12-15-39(63)50(76)61-37(27-43(55)69)48(74)62-38(28-64)49(75)56-31/h16-19,29,31,33-39,64-65H,3-15,20-28H2,1-2H3,(H2,52,66)(H2,53,67)(H2,54,68)(H2,55,69)(H,56,75)(H,57,70)(H,58,73)(H,59,72)(H,60,71)(H,61,76)(H,62,74)/t29?,31?,33?,34-,35?,36?,37?,38+,39+/m1/s1. The molecule has 2 fully saturated rings. The number of carbonyl (C=O) groups excluding carboxylic acids is 12. The number of fused-ring (bicyclic) bond motifs is 1. The Morgan fingerprint density at radius 3 is 1.58 bits per heavy atom. The second kappa shape index (κ2) is 32.9. The second-order valence-corrected chi connectivity index (χ2v) is 20.0. The van der Waals surface area contributed by atoms with Gasteiger partial charge in [0.2, 0.25) is 70.9 Å². The molecule has 428 valence electrons. The molecule has 3 rings (SSSR count). The molecule has 9 atom stereocenters. The van der Waals surface area contributed by atoms with Crippen LogP contribution in [-0.2, 0) is 64.0 Å². The number of rotatable bonds is 24. The Morgan fingerprint density at radius 1 is 0.584 bits per heavy atom. The van der Waals surface area contributed by atoms with Crippen LogP contribution in [0.3, 0.4) is 0 Å². The SMILES string of the molecule is CCC(C)CCCCCCCCCCC1CC(=O)NC(CC(N)=O)C(=O)N[C@H](Cc2ccc(O)cc2)C(=O)NC(CC(N)=O)C(=O)NC(CCC(N)=O)C(=O)N2CCC[C@H]2C(=O)NC(CC(N)=O)C(=O)N[C@@H](CO)C(=O)N1. The molecule has 0 aliphatic carbocycles. The molecular weight excluding hydrogens is 1000 g/mol. The van der Waals surface area contributed by atoms with Crippen LogP contribution >= 0.6 is 0 Å². The number of phenols is 1. The van der Waals surface area contributed by atoms with Crippen molar-refractivity contribution in [3.63, 3.8) is 0 Å². The average Bonchev–Trinajstić information content (AvgIpc) is 3.86. The van der Waals surface area contributed by atoms with Gasteiger partial charge in [-0.15, -0.1) is 0 Å². The highest BCUT2D eigenvalue weighted by Crippen LogP contribution is 2.21. The summed E-state index contributed by atoms with van der Waals surface area (Å²) >= 11 is 0. The normalized spacial score (nSPS) is 24.0. The number of phenolic OH excluding ortho intramolecular Hbond substituents is 1. The molecule has 0 saturated carbocycles. The van der Waals surface area contributed by atoms with Gasteiger partial charge >= 0.3 is 0 Å². The van der Waals surface area contributed by atoms with Crippen LogP contribution in [0.25, 0.3) is 0 Å². The lowest BCUT2D eigenvalue weighted by Gasteiger charge is -2.31. The van der Waals surface area contributed by atoms with E-state index in [0.717, 1.165) is 49.8 Å². The fourth-order valence-corrected chi connectivity index (χ4v) is 9.06. The van der Waals surface area contributed by atoms with Crippen molar-refractivity contribution in [3.8, 4) is 5.75 Å². The highest BCUT2D eigenvalue weighted by atomic mass is 16.3. The third-order valence-corrected chi connectivity index (χ3v) is 13.6. The Labute approximate surface area is 447 Å². The molecule has 6 unspecified atom stereocenters. The zero-order chi connectivity index (χ0) is 57.2. The summed E-state index contributed by atoms with van der Waals surface area (Å²) in [5.41, 5.74) is 22.2. The minimum Gasteiger partial charge on any atom is -0.508 e. The molecule has 77 heavy (non-hydrogen) atoms. The second-order valence-electron chi connectivity index (χ2n) is 20.0. The molecule has 2 heterocycles. The van der Waals surface area contributed by atoms with E-state index in [-0.39, 0.29) is 38.0 Å². The van der Waals surface area contributed by atoms with Crippen molar-refractivity contribution in [2.75, 3.05) is 13.2 Å². The van der Waals surface area contributed by atoms with Crippen molar-refractivity contribution in [2.24, 2.45) is 28.9 Å². The quantitative estimate of drug-likeness (QED) is 0.0479. The number of carbonyl (C=O) groups is 12. The Morgan fingerprint density at radius 2 is 1.05 bits per heavy atom. The van der Waals surface area contributed by atoms with Gasteiger partial charge in [-0.05, 0) is 49.3 Å².